The van der Waals surface area contributed by atoms with Crippen LogP contribution >= 0.6 is 0 Å². The van der Waals surface area contributed by atoms with Crippen molar-refractivity contribution in [2.75, 3.05) is 0 Å². The highest BCUT2D eigenvalue weighted by atomic mass is 19.1. The van der Waals surface area contributed by atoms with E-state index in [1.165, 1.54) is 12.4 Å². The fourth-order valence-corrected chi connectivity index (χ4v) is 4.38. The van der Waals surface area contributed by atoms with E-state index in [-0.39, 0.29) is 35.8 Å². The maximum Gasteiger partial charge on any atom is 0.271 e. The lowest BCUT2D eigenvalue weighted by Gasteiger charge is -2.40. The molecule has 3 unspecified atom stereocenters. The zero-order valence-corrected chi connectivity index (χ0v) is 14.8. The second-order valence-corrected chi connectivity index (χ2v) is 7.16. The van der Waals surface area contributed by atoms with Gasteiger partial charge in [0.25, 0.3) is 5.56 Å². The molecule has 1 aliphatic heterocycles. The second kappa shape index (κ2) is 6.09. The fourth-order valence-electron chi connectivity index (χ4n) is 4.38. The Kier molecular flexibility index (Phi) is 3.68. The van der Waals surface area contributed by atoms with Gasteiger partial charge in [0.05, 0.1) is 17.2 Å². The topological polar surface area (TPSA) is 88.5 Å². The molecule has 2 aromatic rings. The van der Waals surface area contributed by atoms with Gasteiger partial charge in [0, 0.05) is 31.1 Å². The highest BCUT2D eigenvalue weighted by molar-refractivity contribution is 5.61. The average Bonchev–Trinajstić information content (AvgIpc) is 3.10. The molecule has 3 aliphatic rings. The number of aromatic nitrogens is 5. The molecule has 8 heteroatoms. The van der Waals surface area contributed by atoms with Crippen LogP contribution in [0.5, 0.6) is 0 Å². The maximum atomic E-state index is 14.2. The third-order valence-electron chi connectivity index (χ3n) is 5.55. The van der Waals surface area contributed by atoms with Crippen LogP contribution in [0.25, 0.3) is 6.08 Å². The van der Waals surface area contributed by atoms with Crippen LogP contribution in [0.2, 0.25) is 0 Å². The summed E-state index contributed by atoms with van der Waals surface area (Å²) < 4.78 is 16.0. The number of halogens is 1. The number of hydrogen-bond acceptors (Lipinski definition) is 5. The molecule has 138 valence electrons. The van der Waals surface area contributed by atoms with E-state index in [2.05, 4.69) is 43.8 Å². The molecule has 0 radical (unpaired) electrons. The number of hydrogen-bond donors (Lipinski definition) is 2. The number of H-pyrrole nitrogens is 1. The van der Waals surface area contributed by atoms with Crippen molar-refractivity contribution < 1.29 is 4.39 Å². The van der Waals surface area contributed by atoms with Gasteiger partial charge in [-0.3, -0.25) is 9.48 Å². The lowest BCUT2D eigenvalue weighted by Crippen LogP contribution is -2.47. The van der Waals surface area contributed by atoms with Crippen LogP contribution in [0.15, 0.2) is 40.7 Å². The highest BCUT2D eigenvalue weighted by Crippen LogP contribution is 2.44. The Morgan fingerprint density at radius 3 is 2.96 bits per heavy atom. The summed E-state index contributed by atoms with van der Waals surface area (Å²) in [7, 11) is 1.84. The Bertz CT molecular complexity index is 1060. The highest BCUT2D eigenvalue weighted by Gasteiger charge is 2.43. The molecule has 2 aromatic heterocycles. The molecular weight excluding hydrogens is 347 g/mol. The van der Waals surface area contributed by atoms with Gasteiger partial charge in [0.1, 0.15) is 18.0 Å². The number of rotatable bonds is 2. The Balaban J connectivity index is 1.75. The predicted octanol–water partition coefficient (Wildman–Crippen LogP) is 2.03. The standard InChI is InChI=1S/C19H19FN6O/c1-26-18(21-9-22-26)15-16(10-5-3-2-4-6-10)23-13-8-11(20)7-12-14(13)17(15)24-25-19(12)27/h3,5-7,9,13,15-16,23H,2,4,8H2,1H3,(H,25,27). The summed E-state index contributed by atoms with van der Waals surface area (Å²) in [6.45, 7) is 0. The molecule has 0 bridgehead atoms. The van der Waals surface area contributed by atoms with Gasteiger partial charge in [-0.05, 0) is 24.5 Å². The number of nitrogens with one attached hydrogen (secondary N) is 2. The minimum Gasteiger partial charge on any atom is -0.302 e. The normalized spacial score (nSPS) is 26.4. The van der Waals surface area contributed by atoms with Crippen molar-refractivity contribution in [2.45, 2.75) is 37.3 Å². The Labute approximate surface area is 154 Å². The van der Waals surface area contributed by atoms with Crippen LogP contribution in [0.3, 0.4) is 0 Å². The SMILES string of the molecule is Cn1ncnc1C1c2n[nH]c(=O)c3c2C(CC(F)=C3)NC1C1=CCCC=C1. The fraction of sp³-hybridized carbons (Fsp3) is 0.368. The quantitative estimate of drug-likeness (QED) is 0.849. The van der Waals surface area contributed by atoms with Gasteiger partial charge in [-0.25, -0.2) is 14.5 Å². The largest absolute Gasteiger partial charge is 0.302 e. The molecule has 7 nitrogen and oxygen atoms in total. The molecule has 0 amide bonds. The van der Waals surface area contributed by atoms with Gasteiger partial charge in [0.15, 0.2) is 0 Å². The summed E-state index contributed by atoms with van der Waals surface area (Å²) in [5.41, 5.74) is 2.61. The van der Waals surface area contributed by atoms with Crippen molar-refractivity contribution in [2.24, 2.45) is 7.05 Å². The predicted molar refractivity (Wildman–Crippen MR) is 97.5 cm³/mol. The molecular formula is C19H19FN6O. The zero-order valence-electron chi connectivity index (χ0n) is 14.8. The smallest absolute Gasteiger partial charge is 0.271 e. The van der Waals surface area contributed by atoms with E-state index in [9.17, 15) is 9.18 Å². The summed E-state index contributed by atoms with van der Waals surface area (Å²) in [5.74, 6) is 0.220. The summed E-state index contributed by atoms with van der Waals surface area (Å²) in [5, 5.41) is 14.7. The lowest BCUT2D eigenvalue weighted by atomic mass is 9.76. The van der Waals surface area contributed by atoms with Gasteiger partial charge in [-0.15, -0.1) is 0 Å². The van der Waals surface area contributed by atoms with Crippen LogP contribution in [-0.2, 0) is 7.05 Å². The van der Waals surface area contributed by atoms with Crippen molar-refractivity contribution in [3.8, 4) is 0 Å². The van der Waals surface area contributed by atoms with Crippen molar-refractivity contribution in [3.05, 3.63) is 69.0 Å². The number of aromatic amines is 1. The molecule has 27 heavy (non-hydrogen) atoms. The summed E-state index contributed by atoms with van der Waals surface area (Å²) in [6.07, 6.45) is 11.5. The second-order valence-electron chi connectivity index (χ2n) is 7.16. The van der Waals surface area contributed by atoms with Crippen LogP contribution in [0.1, 0.15) is 53.9 Å². The van der Waals surface area contributed by atoms with Crippen molar-refractivity contribution in [3.63, 3.8) is 0 Å². The summed E-state index contributed by atoms with van der Waals surface area (Å²) >= 11 is 0. The molecule has 0 aromatic carbocycles. The van der Waals surface area contributed by atoms with Crippen molar-refractivity contribution in [1.82, 2.24) is 30.3 Å². The van der Waals surface area contributed by atoms with Gasteiger partial charge in [-0.2, -0.15) is 10.2 Å². The average molecular weight is 366 g/mol. The van der Waals surface area contributed by atoms with Crippen LogP contribution in [-0.4, -0.2) is 31.0 Å². The van der Waals surface area contributed by atoms with Crippen molar-refractivity contribution >= 4 is 6.08 Å². The maximum absolute atomic E-state index is 14.2. The van der Waals surface area contributed by atoms with E-state index in [1.807, 2.05) is 7.05 Å². The molecule has 0 saturated heterocycles. The zero-order chi connectivity index (χ0) is 18.5. The van der Waals surface area contributed by atoms with E-state index in [1.54, 1.807) is 4.68 Å². The molecule has 3 atom stereocenters. The van der Waals surface area contributed by atoms with Crippen LogP contribution < -0.4 is 10.9 Å². The van der Waals surface area contributed by atoms with Crippen LogP contribution in [0, 0.1) is 0 Å². The number of aryl methyl sites for hydroxylation is 1. The van der Waals surface area contributed by atoms with E-state index in [0.717, 1.165) is 35.5 Å². The first kappa shape index (κ1) is 16.3. The third kappa shape index (κ3) is 2.51. The van der Waals surface area contributed by atoms with Gasteiger partial charge >= 0.3 is 0 Å². The van der Waals surface area contributed by atoms with E-state index >= 15 is 0 Å². The van der Waals surface area contributed by atoms with Gasteiger partial charge in [0.2, 0.25) is 0 Å². The molecule has 2 N–H and O–H groups in total. The van der Waals surface area contributed by atoms with E-state index in [4.69, 9.17) is 0 Å². The van der Waals surface area contributed by atoms with E-state index in [0.29, 0.717) is 5.56 Å². The number of allylic oxidation sites excluding steroid dienone is 2. The molecule has 2 aliphatic carbocycles. The first-order chi connectivity index (χ1) is 13.1. The minimum absolute atomic E-state index is 0.126. The van der Waals surface area contributed by atoms with Gasteiger partial charge < -0.3 is 5.32 Å². The van der Waals surface area contributed by atoms with E-state index < -0.39 is 0 Å². The minimum atomic E-state index is -0.373. The Morgan fingerprint density at radius 2 is 2.22 bits per heavy atom. The molecule has 3 heterocycles. The Morgan fingerprint density at radius 1 is 1.33 bits per heavy atom. The molecule has 0 spiro atoms. The summed E-state index contributed by atoms with van der Waals surface area (Å²) in [6, 6.07) is -0.417. The molecule has 5 rings (SSSR count). The monoisotopic (exact) mass is 366 g/mol. The number of nitrogens with zero attached hydrogens (tertiary/aromatic N) is 4. The summed E-state index contributed by atoms with van der Waals surface area (Å²) in [4.78, 5) is 16.7. The van der Waals surface area contributed by atoms with Crippen LogP contribution in [0.4, 0.5) is 4.39 Å². The first-order valence-corrected chi connectivity index (χ1v) is 9.08. The lowest BCUT2D eigenvalue weighted by molar-refractivity contribution is 0.364. The first-order valence-electron chi connectivity index (χ1n) is 9.08. The Hall–Kier alpha value is -2.87. The van der Waals surface area contributed by atoms with Crippen molar-refractivity contribution in [1.29, 1.82) is 0 Å². The molecule has 0 fully saturated rings. The van der Waals surface area contributed by atoms with Gasteiger partial charge in [-0.1, -0.05) is 18.2 Å². The molecule has 0 saturated carbocycles. The third-order valence-corrected chi connectivity index (χ3v) is 5.55.